The van der Waals surface area contributed by atoms with Crippen molar-refractivity contribution < 1.29 is 0 Å². The molecule has 0 radical (unpaired) electrons. The number of nitrogens with one attached hydrogen (secondary N) is 1. The van der Waals surface area contributed by atoms with E-state index >= 15 is 0 Å². The quantitative estimate of drug-likeness (QED) is 0.857. The predicted molar refractivity (Wildman–Crippen MR) is 88.4 cm³/mol. The summed E-state index contributed by atoms with van der Waals surface area (Å²) in [5.41, 5.74) is 2.83. The van der Waals surface area contributed by atoms with E-state index in [1.54, 1.807) is 0 Å². The monoisotopic (exact) mass is 274 g/mol. The standard InChI is InChI=1S/C18H30N2/c1-5-19-15(3)16-11-7-9-13-18(16)20(4)17-12-8-6-10-14(17)2/h7,9,11,13-15,17,19H,5-6,8,10,12H2,1-4H3. The second-order valence-electron chi connectivity index (χ2n) is 6.28. The Balaban J connectivity index is 2.22. The first-order valence-electron chi connectivity index (χ1n) is 8.20. The average molecular weight is 274 g/mol. The van der Waals surface area contributed by atoms with Crippen molar-refractivity contribution in [2.45, 2.75) is 58.5 Å². The second-order valence-corrected chi connectivity index (χ2v) is 6.28. The van der Waals surface area contributed by atoms with Gasteiger partial charge in [0.25, 0.3) is 0 Å². The molecule has 2 rings (SSSR count). The van der Waals surface area contributed by atoms with Gasteiger partial charge in [-0.05, 0) is 43.9 Å². The van der Waals surface area contributed by atoms with Gasteiger partial charge in [0.05, 0.1) is 0 Å². The summed E-state index contributed by atoms with van der Waals surface area (Å²) in [6, 6.07) is 9.99. The highest BCUT2D eigenvalue weighted by molar-refractivity contribution is 5.55. The van der Waals surface area contributed by atoms with Gasteiger partial charge in [-0.25, -0.2) is 0 Å². The highest BCUT2D eigenvalue weighted by Gasteiger charge is 2.26. The van der Waals surface area contributed by atoms with Gasteiger partial charge >= 0.3 is 0 Å². The maximum atomic E-state index is 3.54. The van der Waals surface area contributed by atoms with Crippen LogP contribution < -0.4 is 10.2 Å². The molecule has 3 atom stereocenters. The van der Waals surface area contributed by atoms with E-state index in [9.17, 15) is 0 Å². The van der Waals surface area contributed by atoms with Crippen LogP contribution in [0.2, 0.25) is 0 Å². The first-order valence-corrected chi connectivity index (χ1v) is 8.20. The van der Waals surface area contributed by atoms with E-state index < -0.39 is 0 Å². The summed E-state index contributed by atoms with van der Waals surface area (Å²) >= 11 is 0. The lowest BCUT2D eigenvalue weighted by molar-refractivity contribution is 0.321. The number of benzene rings is 1. The summed E-state index contributed by atoms with van der Waals surface area (Å²) in [7, 11) is 2.28. The van der Waals surface area contributed by atoms with E-state index in [0.717, 1.165) is 12.5 Å². The summed E-state index contributed by atoms with van der Waals surface area (Å²) in [4.78, 5) is 2.53. The highest BCUT2D eigenvalue weighted by atomic mass is 15.1. The third-order valence-corrected chi connectivity index (χ3v) is 4.86. The molecule has 0 bridgehead atoms. The summed E-state index contributed by atoms with van der Waals surface area (Å²) in [6.07, 6.45) is 5.49. The lowest BCUT2D eigenvalue weighted by atomic mass is 9.84. The number of anilines is 1. The van der Waals surface area contributed by atoms with Crippen LogP contribution in [0.15, 0.2) is 24.3 Å². The molecule has 1 fully saturated rings. The largest absolute Gasteiger partial charge is 0.371 e. The van der Waals surface area contributed by atoms with Gasteiger partial charge in [0.15, 0.2) is 0 Å². The van der Waals surface area contributed by atoms with Gasteiger partial charge in [-0.1, -0.05) is 44.9 Å². The molecule has 2 heteroatoms. The van der Waals surface area contributed by atoms with Crippen LogP contribution in [0.4, 0.5) is 5.69 Å². The van der Waals surface area contributed by atoms with Gasteiger partial charge in [-0.15, -0.1) is 0 Å². The molecule has 0 amide bonds. The molecule has 2 nitrogen and oxygen atoms in total. The van der Waals surface area contributed by atoms with Crippen LogP contribution in [0.3, 0.4) is 0 Å². The van der Waals surface area contributed by atoms with E-state index in [0.29, 0.717) is 12.1 Å². The number of para-hydroxylation sites is 1. The Morgan fingerprint density at radius 3 is 2.65 bits per heavy atom. The van der Waals surface area contributed by atoms with Crippen molar-refractivity contribution >= 4 is 5.69 Å². The van der Waals surface area contributed by atoms with Gasteiger partial charge in [-0.3, -0.25) is 0 Å². The molecule has 1 aromatic carbocycles. The first kappa shape index (κ1) is 15.4. The highest BCUT2D eigenvalue weighted by Crippen LogP contribution is 2.33. The minimum absolute atomic E-state index is 0.414. The summed E-state index contributed by atoms with van der Waals surface area (Å²) < 4.78 is 0. The van der Waals surface area contributed by atoms with Gasteiger partial charge in [0.2, 0.25) is 0 Å². The van der Waals surface area contributed by atoms with Gasteiger partial charge in [0, 0.05) is 24.8 Å². The van der Waals surface area contributed by atoms with Crippen molar-refractivity contribution in [2.24, 2.45) is 5.92 Å². The summed E-state index contributed by atoms with van der Waals surface area (Å²) in [6.45, 7) is 7.86. The van der Waals surface area contributed by atoms with Crippen LogP contribution in [0.5, 0.6) is 0 Å². The van der Waals surface area contributed by atoms with E-state index in [2.05, 4.69) is 62.3 Å². The van der Waals surface area contributed by atoms with Crippen molar-refractivity contribution in [1.29, 1.82) is 0 Å². The summed E-state index contributed by atoms with van der Waals surface area (Å²) in [5.74, 6) is 0.802. The van der Waals surface area contributed by atoms with Crippen LogP contribution in [-0.4, -0.2) is 19.6 Å². The molecule has 20 heavy (non-hydrogen) atoms. The molecule has 1 saturated carbocycles. The third kappa shape index (κ3) is 3.35. The summed E-state index contributed by atoms with van der Waals surface area (Å²) in [5, 5.41) is 3.54. The molecule has 0 aromatic heterocycles. The predicted octanol–water partition coefficient (Wildman–Crippen LogP) is 4.37. The normalized spacial score (nSPS) is 24.4. The van der Waals surface area contributed by atoms with Crippen molar-refractivity contribution in [1.82, 2.24) is 5.32 Å². The zero-order chi connectivity index (χ0) is 14.5. The van der Waals surface area contributed by atoms with Crippen LogP contribution >= 0.6 is 0 Å². The van der Waals surface area contributed by atoms with E-state index in [4.69, 9.17) is 0 Å². The first-order chi connectivity index (χ1) is 9.65. The van der Waals surface area contributed by atoms with Crippen molar-refractivity contribution in [2.75, 3.05) is 18.5 Å². The molecule has 0 spiro atoms. The number of nitrogens with zero attached hydrogens (tertiary/aromatic N) is 1. The maximum absolute atomic E-state index is 3.54. The minimum Gasteiger partial charge on any atom is -0.371 e. The fourth-order valence-electron chi connectivity index (χ4n) is 3.64. The number of hydrogen-bond donors (Lipinski definition) is 1. The Labute approximate surface area is 124 Å². The SMILES string of the molecule is CCNC(C)c1ccccc1N(C)C1CCCCC1C. The minimum atomic E-state index is 0.414. The molecule has 112 valence electrons. The zero-order valence-electron chi connectivity index (χ0n) is 13.5. The Bertz CT molecular complexity index is 416. The van der Waals surface area contributed by atoms with E-state index in [-0.39, 0.29) is 0 Å². The Hall–Kier alpha value is -1.02. The molecular weight excluding hydrogens is 244 g/mol. The van der Waals surface area contributed by atoms with Crippen molar-refractivity contribution in [3.05, 3.63) is 29.8 Å². The van der Waals surface area contributed by atoms with Crippen molar-refractivity contribution in [3.63, 3.8) is 0 Å². The average Bonchev–Trinajstić information content (AvgIpc) is 2.47. The third-order valence-electron chi connectivity index (χ3n) is 4.86. The van der Waals surface area contributed by atoms with Crippen LogP contribution in [0.25, 0.3) is 0 Å². The Morgan fingerprint density at radius 1 is 1.25 bits per heavy atom. The van der Waals surface area contributed by atoms with Crippen LogP contribution in [0.1, 0.15) is 58.1 Å². The van der Waals surface area contributed by atoms with Gasteiger partial charge in [0.1, 0.15) is 0 Å². The molecule has 1 N–H and O–H groups in total. The van der Waals surface area contributed by atoms with Gasteiger partial charge < -0.3 is 10.2 Å². The second kappa shape index (κ2) is 7.12. The molecule has 3 unspecified atom stereocenters. The number of rotatable bonds is 5. The smallest absolute Gasteiger partial charge is 0.0414 e. The van der Waals surface area contributed by atoms with Crippen molar-refractivity contribution in [3.8, 4) is 0 Å². The lowest BCUT2D eigenvalue weighted by Gasteiger charge is -2.39. The molecular formula is C18H30N2. The topological polar surface area (TPSA) is 15.3 Å². The van der Waals surface area contributed by atoms with E-state index in [1.807, 2.05) is 0 Å². The van der Waals surface area contributed by atoms with Crippen LogP contribution in [0, 0.1) is 5.92 Å². The lowest BCUT2D eigenvalue weighted by Crippen LogP contribution is -2.39. The Kier molecular flexibility index (Phi) is 5.47. The fraction of sp³-hybridized carbons (Fsp3) is 0.667. The van der Waals surface area contributed by atoms with E-state index in [1.165, 1.54) is 36.9 Å². The molecule has 0 aliphatic heterocycles. The molecule has 1 aliphatic carbocycles. The fourth-order valence-corrected chi connectivity index (χ4v) is 3.64. The van der Waals surface area contributed by atoms with Crippen LogP contribution in [-0.2, 0) is 0 Å². The Morgan fingerprint density at radius 2 is 1.95 bits per heavy atom. The molecule has 1 aromatic rings. The van der Waals surface area contributed by atoms with Gasteiger partial charge in [-0.2, -0.15) is 0 Å². The number of hydrogen-bond acceptors (Lipinski definition) is 2. The zero-order valence-corrected chi connectivity index (χ0v) is 13.5. The molecule has 0 heterocycles. The molecule has 0 saturated heterocycles. The maximum Gasteiger partial charge on any atom is 0.0414 e. The molecule has 1 aliphatic rings.